The molecule has 1 heterocycles. The molecule has 0 saturated carbocycles. The maximum Gasteiger partial charge on any atom is 0.323 e. The summed E-state index contributed by atoms with van der Waals surface area (Å²) in [5, 5.41) is 8.69. The van der Waals surface area contributed by atoms with Crippen molar-refractivity contribution in [3.05, 3.63) is 33.8 Å². The second-order valence-electron chi connectivity index (χ2n) is 3.25. The minimum atomic E-state index is -1.08. The summed E-state index contributed by atoms with van der Waals surface area (Å²) in [4.78, 5) is 23.9. The highest BCUT2D eigenvalue weighted by Crippen LogP contribution is 2.29. The Hall–Kier alpha value is -1.27. The van der Waals surface area contributed by atoms with Crippen molar-refractivity contribution in [1.29, 1.82) is 0 Å². The summed E-state index contributed by atoms with van der Waals surface area (Å²) < 4.78 is 0.630. The highest BCUT2D eigenvalue weighted by atomic mass is 79.9. The van der Waals surface area contributed by atoms with Gasteiger partial charge in [0.25, 0.3) is 5.91 Å². The molecule has 1 aliphatic rings. The fraction of sp³-hybridized carbons (Fsp3) is 0.100. The van der Waals surface area contributed by atoms with Crippen LogP contribution in [-0.2, 0) is 4.79 Å². The maximum atomic E-state index is 11.9. The van der Waals surface area contributed by atoms with Gasteiger partial charge < -0.3 is 5.11 Å². The topological polar surface area (TPSA) is 57.6 Å². The Bertz CT molecular complexity index is 515. The molecule has 16 heavy (non-hydrogen) atoms. The summed E-state index contributed by atoms with van der Waals surface area (Å²) in [7, 11) is 0. The van der Waals surface area contributed by atoms with Crippen LogP contribution in [0.4, 0.5) is 0 Å². The molecule has 0 radical (unpaired) electrons. The van der Waals surface area contributed by atoms with Crippen LogP contribution in [-0.4, -0.2) is 33.4 Å². The first-order valence-electron chi connectivity index (χ1n) is 4.39. The zero-order valence-electron chi connectivity index (χ0n) is 7.94. The number of hydrogen-bond donors (Lipinski definition) is 1. The lowest BCUT2D eigenvalue weighted by atomic mass is 10.1. The minimum Gasteiger partial charge on any atom is -0.480 e. The Morgan fingerprint density at radius 1 is 1.50 bits per heavy atom. The van der Waals surface area contributed by atoms with Gasteiger partial charge in [-0.3, -0.25) is 14.5 Å². The van der Waals surface area contributed by atoms with Crippen molar-refractivity contribution < 1.29 is 14.7 Å². The van der Waals surface area contributed by atoms with E-state index in [2.05, 4.69) is 15.9 Å². The molecule has 82 valence electrons. The van der Waals surface area contributed by atoms with Gasteiger partial charge >= 0.3 is 5.97 Å². The molecule has 6 heteroatoms. The van der Waals surface area contributed by atoms with Crippen LogP contribution in [0.5, 0.6) is 0 Å². The summed E-state index contributed by atoms with van der Waals surface area (Å²) in [6, 6.07) is 5.19. The summed E-state index contributed by atoms with van der Waals surface area (Å²) in [5.74, 6) is -1.45. The Morgan fingerprint density at radius 3 is 2.75 bits per heavy atom. The molecule has 0 aliphatic carbocycles. The molecule has 4 nitrogen and oxygen atoms in total. The number of rotatable bonds is 2. The standard InChI is InChI=1S/C10H6BrNO3S/c11-6-3-1-2-5-8(6)9(15)12(10(5)16)4-7(13)14/h1-3H,4H2,(H,13,14). The zero-order valence-corrected chi connectivity index (χ0v) is 10.3. The fourth-order valence-corrected chi connectivity index (χ4v) is 2.42. The number of carbonyl (C=O) groups is 2. The highest BCUT2D eigenvalue weighted by molar-refractivity contribution is 9.10. The van der Waals surface area contributed by atoms with E-state index < -0.39 is 12.5 Å². The molecule has 1 aromatic carbocycles. The number of fused-ring (bicyclic) bond motifs is 1. The van der Waals surface area contributed by atoms with E-state index in [-0.39, 0.29) is 10.9 Å². The number of carboxylic acid groups (broad SMARTS) is 1. The van der Waals surface area contributed by atoms with Gasteiger partial charge in [-0.2, -0.15) is 0 Å². The summed E-state index contributed by atoms with van der Waals surface area (Å²) in [6.07, 6.45) is 0. The molecule has 0 fully saturated rings. The maximum absolute atomic E-state index is 11.9. The third-order valence-corrected chi connectivity index (χ3v) is 3.34. The van der Waals surface area contributed by atoms with Gasteiger partial charge in [-0.1, -0.05) is 24.4 Å². The zero-order chi connectivity index (χ0) is 11.9. The fourth-order valence-electron chi connectivity index (χ4n) is 1.57. The molecule has 1 N–H and O–H groups in total. The van der Waals surface area contributed by atoms with Crippen LogP contribution in [0.15, 0.2) is 22.7 Å². The number of halogens is 1. The van der Waals surface area contributed by atoms with Crippen molar-refractivity contribution >= 4 is 45.0 Å². The number of aliphatic carboxylic acids is 1. The predicted molar refractivity (Wildman–Crippen MR) is 64.5 cm³/mol. The summed E-state index contributed by atoms with van der Waals surface area (Å²) in [6.45, 7) is -0.404. The van der Waals surface area contributed by atoms with Crippen molar-refractivity contribution in [3.63, 3.8) is 0 Å². The second kappa shape index (κ2) is 3.95. The largest absolute Gasteiger partial charge is 0.480 e. The first kappa shape index (κ1) is 11.2. The van der Waals surface area contributed by atoms with Gasteiger partial charge in [0, 0.05) is 10.0 Å². The first-order valence-corrected chi connectivity index (χ1v) is 5.59. The van der Waals surface area contributed by atoms with E-state index in [0.717, 1.165) is 4.90 Å². The molecule has 0 unspecified atom stereocenters. The van der Waals surface area contributed by atoms with Crippen LogP contribution in [0.3, 0.4) is 0 Å². The van der Waals surface area contributed by atoms with Gasteiger partial charge in [-0.05, 0) is 22.0 Å². The lowest BCUT2D eigenvalue weighted by Crippen LogP contribution is -2.34. The van der Waals surface area contributed by atoms with E-state index in [1.807, 2.05) is 0 Å². The molecule has 1 amide bonds. The molecule has 0 atom stereocenters. The van der Waals surface area contributed by atoms with Crippen molar-refractivity contribution in [1.82, 2.24) is 4.90 Å². The summed E-state index contributed by atoms with van der Waals surface area (Å²) in [5.41, 5.74) is 1.05. The van der Waals surface area contributed by atoms with Gasteiger partial charge in [0.2, 0.25) is 0 Å². The Kier molecular flexibility index (Phi) is 2.77. The number of benzene rings is 1. The average molecular weight is 300 g/mol. The lowest BCUT2D eigenvalue weighted by Gasteiger charge is -2.12. The molecular formula is C10H6BrNO3S. The number of nitrogens with zero attached hydrogens (tertiary/aromatic N) is 1. The van der Waals surface area contributed by atoms with E-state index in [9.17, 15) is 9.59 Å². The molecule has 0 saturated heterocycles. The van der Waals surface area contributed by atoms with E-state index in [0.29, 0.717) is 15.6 Å². The smallest absolute Gasteiger partial charge is 0.323 e. The molecule has 0 bridgehead atoms. The van der Waals surface area contributed by atoms with Gasteiger partial charge in [-0.25, -0.2) is 0 Å². The van der Waals surface area contributed by atoms with Crippen LogP contribution in [0.25, 0.3) is 0 Å². The van der Waals surface area contributed by atoms with Crippen molar-refractivity contribution in [2.75, 3.05) is 6.54 Å². The SMILES string of the molecule is O=C(O)CN1C(=O)c2c(Br)cccc2C1=S. The normalized spacial score (nSPS) is 14.2. The third kappa shape index (κ3) is 1.64. The van der Waals surface area contributed by atoms with Gasteiger partial charge in [-0.15, -0.1) is 0 Å². The number of carboxylic acids is 1. The van der Waals surface area contributed by atoms with Crippen LogP contribution in [0.2, 0.25) is 0 Å². The number of hydrogen-bond acceptors (Lipinski definition) is 3. The Balaban J connectivity index is 2.48. The molecule has 1 aromatic rings. The van der Waals surface area contributed by atoms with Crippen molar-refractivity contribution in [2.24, 2.45) is 0 Å². The molecule has 2 rings (SSSR count). The van der Waals surface area contributed by atoms with Crippen LogP contribution >= 0.6 is 28.1 Å². The van der Waals surface area contributed by atoms with Gasteiger partial charge in [0.05, 0.1) is 5.56 Å². The molecule has 0 aromatic heterocycles. The Labute approximate surface area is 105 Å². The van der Waals surface area contributed by atoms with Crippen molar-refractivity contribution in [3.8, 4) is 0 Å². The minimum absolute atomic E-state index is 0.267. The highest BCUT2D eigenvalue weighted by Gasteiger charge is 2.34. The second-order valence-corrected chi connectivity index (χ2v) is 4.49. The summed E-state index contributed by atoms with van der Waals surface area (Å²) >= 11 is 8.33. The number of carbonyl (C=O) groups excluding carboxylic acids is 1. The molecule has 0 spiro atoms. The third-order valence-electron chi connectivity index (χ3n) is 2.24. The van der Waals surface area contributed by atoms with E-state index in [1.165, 1.54) is 0 Å². The number of thiocarbonyl (C=S) groups is 1. The van der Waals surface area contributed by atoms with Crippen LogP contribution in [0, 0.1) is 0 Å². The van der Waals surface area contributed by atoms with E-state index in [1.54, 1.807) is 18.2 Å². The van der Waals surface area contributed by atoms with Gasteiger partial charge in [0.1, 0.15) is 11.5 Å². The van der Waals surface area contributed by atoms with E-state index in [4.69, 9.17) is 17.3 Å². The molecular weight excluding hydrogens is 294 g/mol. The molecule has 1 aliphatic heterocycles. The predicted octanol–water partition coefficient (Wildman–Crippen LogP) is 1.67. The van der Waals surface area contributed by atoms with E-state index >= 15 is 0 Å². The Morgan fingerprint density at radius 2 is 2.19 bits per heavy atom. The monoisotopic (exact) mass is 299 g/mol. The van der Waals surface area contributed by atoms with Gasteiger partial charge in [0.15, 0.2) is 0 Å². The lowest BCUT2D eigenvalue weighted by molar-refractivity contribution is -0.136. The number of amides is 1. The van der Waals surface area contributed by atoms with Crippen molar-refractivity contribution in [2.45, 2.75) is 0 Å². The van der Waals surface area contributed by atoms with Crippen LogP contribution in [0.1, 0.15) is 15.9 Å². The average Bonchev–Trinajstić information content (AvgIpc) is 2.44. The quantitative estimate of drug-likeness (QED) is 0.844. The van der Waals surface area contributed by atoms with Crippen LogP contribution < -0.4 is 0 Å². The first-order chi connectivity index (χ1) is 7.52.